The van der Waals surface area contributed by atoms with Gasteiger partial charge in [0.25, 0.3) is 0 Å². The van der Waals surface area contributed by atoms with E-state index in [4.69, 9.17) is 23.2 Å². The number of thioether (sulfide) groups is 1. The average Bonchev–Trinajstić information content (AvgIpc) is 2.94. The van der Waals surface area contributed by atoms with E-state index in [0.29, 0.717) is 28.6 Å². The van der Waals surface area contributed by atoms with Crippen LogP contribution >= 0.6 is 35.0 Å². The van der Waals surface area contributed by atoms with Gasteiger partial charge in [-0.2, -0.15) is 0 Å². The molecule has 0 bridgehead atoms. The lowest BCUT2D eigenvalue weighted by atomic mass is 9.94. The molecule has 3 aromatic carbocycles. The molecule has 3 aromatic rings. The van der Waals surface area contributed by atoms with Gasteiger partial charge in [-0.25, -0.2) is 0 Å². The van der Waals surface area contributed by atoms with Crippen molar-refractivity contribution in [1.82, 2.24) is 10.2 Å². The van der Waals surface area contributed by atoms with Gasteiger partial charge in [-0.1, -0.05) is 96.6 Å². The second-order valence-corrected chi connectivity index (χ2v) is 12.2. The number of benzene rings is 3. The normalized spacial score (nSPS) is 14.5. The Bertz CT molecular complexity index is 1230. The zero-order valence-electron chi connectivity index (χ0n) is 22.4. The Morgan fingerprint density at radius 1 is 0.974 bits per heavy atom. The maximum Gasteiger partial charge on any atom is 0.243 e. The Labute approximate surface area is 246 Å². The van der Waals surface area contributed by atoms with Crippen molar-refractivity contribution in [3.63, 3.8) is 0 Å². The first-order valence-corrected chi connectivity index (χ1v) is 15.4. The minimum atomic E-state index is -0.655. The molecule has 2 amide bonds. The molecule has 0 aliphatic heterocycles. The van der Waals surface area contributed by atoms with Crippen LogP contribution in [0.15, 0.2) is 77.7 Å². The number of aryl methyl sites for hydroxylation is 1. The van der Waals surface area contributed by atoms with Crippen molar-refractivity contribution in [2.24, 2.45) is 0 Å². The third kappa shape index (κ3) is 9.02. The van der Waals surface area contributed by atoms with Crippen molar-refractivity contribution in [1.29, 1.82) is 0 Å². The highest BCUT2D eigenvalue weighted by molar-refractivity contribution is 7.99. The number of rotatable bonds is 11. The van der Waals surface area contributed by atoms with Crippen LogP contribution in [-0.4, -0.2) is 34.6 Å². The van der Waals surface area contributed by atoms with Crippen LogP contribution in [-0.2, 0) is 22.6 Å². The summed E-state index contributed by atoms with van der Waals surface area (Å²) >= 11 is 14.3. The van der Waals surface area contributed by atoms with Crippen LogP contribution in [0.25, 0.3) is 0 Å². The molecule has 1 atom stereocenters. The Hall–Kier alpha value is -2.47. The maximum absolute atomic E-state index is 13.9. The second-order valence-electron chi connectivity index (χ2n) is 10.2. The molecule has 206 valence electrons. The van der Waals surface area contributed by atoms with E-state index in [2.05, 4.69) is 36.5 Å². The number of carbonyl (C=O) groups excluding carboxylic acids is 2. The summed E-state index contributed by atoms with van der Waals surface area (Å²) in [4.78, 5) is 30.6. The predicted octanol–water partition coefficient (Wildman–Crippen LogP) is 7.87. The molecule has 0 unspecified atom stereocenters. The Balaban J connectivity index is 1.58. The van der Waals surface area contributed by atoms with Crippen molar-refractivity contribution >= 4 is 46.8 Å². The molecule has 39 heavy (non-hydrogen) atoms. The molecule has 0 heterocycles. The van der Waals surface area contributed by atoms with Gasteiger partial charge in [0.2, 0.25) is 11.8 Å². The van der Waals surface area contributed by atoms with E-state index in [0.717, 1.165) is 41.7 Å². The predicted molar refractivity (Wildman–Crippen MR) is 162 cm³/mol. The summed E-state index contributed by atoms with van der Waals surface area (Å²) in [7, 11) is 0. The zero-order chi connectivity index (χ0) is 27.6. The average molecular weight is 584 g/mol. The fourth-order valence-corrected chi connectivity index (χ4v) is 6.28. The summed E-state index contributed by atoms with van der Waals surface area (Å²) in [6, 6.07) is 23.0. The minimum Gasteiger partial charge on any atom is -0.352 e. The number of halogens is 2. The summed E-state index contributed by atoms with van der Waals surface area (Å²) < 4.78 is 0. The lowest BCUT2D eigenvalue weighted by Gasteiger charge is -2.33. The molecule has 7 heteroatoms. The lowest BCUT2D eigenvalue weighted by molar-refractivity contribution is -0.141. The first-order valence-electron chi connectivity index (χ1n) is 13.7. The molecule has 0 aromatic heterocycles. The zero-order valence-corrected chi connectivity index (χ0v) is 24.7. The molecule has 0 spiro atoms. The molecule has 1 aliphatic carbocycles. The van der Waals surface area contributed by atoms with Crippen LogP contribution in [0.1, 0.15) is 55.2 Å². The van der Waals surface area contributed by atoms with Gasteiger partial charge in [-0.05, 0) is 55.2 Å². The third-order valence-electron chi connectivity index (χ3n) is 7.18. The first kappa shape index (κ1) is 29.5. The summed E-state index contributed by atoms with van der Waals surface area (Å²) in [5.41, 5.74) is 2.98. The van der Waals surface area contributed by atoms with E-state index in [-0.39, 0.29) is 24.4 Å². The van der Waals surface area contributed by atoms with Crippen LogP contribution in [0.2, 0.25) is 10.0 Å². The SMILES string of the molecule is Cc1ccc(SCCC(=O)N(Cc2ccc(Cl)cc2Cl)[C@@H](Cc2ccccc2)C(=O)NC2CCCCC2)cc1. The number of nitrogens with one attached hydrogen (secondary N) is 1. The minimum absolute atomic E-state index is 0.0691. The fourth-order valence-electron chi connectivity index (χ4n) is 4.97. The monoisotopic (exact) mass is 582 g/mol. The van der Waals surface area contributed by atoms with Gasteiger partial charge in [0.1, 0.15) is 6.04 Å². The highest BCUT2D eigenvalue weighted by Crippen LogP contribution is 2.26. The van der Waals surface area contributed by atoms with E-state index in [1.54, 1.807) is 28.8 Å². The van der Waals surface area contributed by atoms with Gasteiger partial charge in [0.05, 0.1) is 0 Å². The Morgan fingerprint density at radius 2 is 1.69 bits per heavy atom. The number of nitrogens with zero attached hydrogens (tertiary/aromatic N) is 1. The van der Waals surface area contributed by atoms with Gasteiger partial charge in [-0.15, -0.1) is 11.8 Å². The van der Waals surface area contributed by atoms with E-state index in [1.165, 1.54) is 12.0 Å². The quantitative estimate of drug-likeness (QED) is 0.234. The molecule has 4 nitrogen and oxygen atoms in total. The molecular formula is C32H36Cl2N2O2S. The van der Waals surface area contributed by atoms with Gasteiger partial charge < -0.3 is 10.2 Å². The fraction of sp³-hybridized carbons (Fsp3) is 0.375. The summed E-state index contributed by atoms with van der Waals surface area (Å²) in [6.45, 7) is 2.29. The largest absolute Gasteiger partial charge is 0.352 e. The Morgan fingerprint density at radius 3 is 2.38 bits per heavy atom. The molecular weight excluding hydrogens is 547 g/mol. The topological polar surface area (TPSA) is 49.4 Å². The number of hydrogen-bond donors (Lipinski definition) is 1. The maximum atomic E-state index is 13.9. The van der Waals surface area contributed by atoms with Crippen molar-refractivity contribution < 1.29 is 9.59 Å². The summed E-state index contributed by atoms with van der Waals surface area (Å²) in [5.74, 6) is 0.449. The lowest BCUT2D eigenvalue weighted by Crippen LogP contribution is -2.53. The summed E-state index contributed by atoms with van der Waals surface area (Å²) in [5, 5.41) is 4.30. The Kier molecular flexibility index (Phi) is 11.2. The van der Waals surface area contributed by atoms with Crippen LogP contribution < -0.4 is 5.32 Å². The highest BCUT2D eigenvalue weighted by atomic mass is 35.5. The van der Waals surface area contributed by atoms with Gasteiger partial charge in [-0.3, -0.25) is 9.59 Å². The molecule has 4 rings (SSSR count). The van der Waals surface area contributed by atoms with Crippen LogP contribution in [0.5, 0.6) is 0 Å². The smallest absolute Gasteiger partial charge is 0.243 e. The van der Waals surface area contributed by atoms with Crippen molar-refractivity contribution in [3.8, 4) is 0 Å². The van der Waals surface area contributed by atoms with E-state index >= 15 is 0 Å². The van der Waals surface area contributed by atoms with E-state index in [1.807, 2.05) is 36.4 Å². The van der Waals surface area contributed by atoms with Crippen molar-refractivity contribution in [2.75, 3.05) is 5.75 Å². The number of hydrogen-bond acceptors (Lipinski definition) is 3. The first-order chi connectivity index (χ1) is 18.9. The molecule has 1 aliphatic rings. The van der Waals surface area contributed by atoms with E-state index in [9.17, 15) is 9.59 Å². The molecule has 1 fully saturated rings. The summed E-state index contributed by atoms with van der Waals surface area (Å²) in [6.07, 6.45) is 6.15. The van der Waals surface area contributed by atoms with Gasteiger partial charge in [0.15, 0.2) is 0 Å². The number of carbonyl (C=O) groups is 2. The van der Waals surface area contributed by atoms with E-state index < -0.39 is 6.04 Å². The van der Waals surface area contributed by atoms with Gasteiger partial charge >= 0.3 is 0 Å². The van der Waals surface area contributed by atoms with Gasteiger partial charge in [0, 0.05) is 46.1 Å². The highest BCUT2D eigenvalue weighted by Gasteiger charge is 2.32. The van der Waals surface area contributed by atoms with Crippen molar-refractivity contribution in [2.45, 2.75) is 75.4 Å². The van der Waals surface area contributed by atoms with Crippen LogP contribution in [0, 0.1) is 6.92 Å². The molecule has 0 saturated heterocycles. The third-order valence-corrected chi connectivity index (χ3v) is 8.78. The molecule has 0 radical (unpaired) electrons. The van der Waals surface area contributed by atoms with Crippen LogP contribution in [0.4, 0.5) is 0 Å². The van der Waals surface area contributed by atoms with Crippen molar-refractivity contribution in [3.05, 3.63) is 99.5 Å². The molecule has 1 N–H and O–H groups in total. The second kappa shape index (κ2) is 14.8. The number of amides is 2. The standard InChI is InChI=1S/C32H36Cl2N2O2S/c1-23-12-16-28(17-13-23)39-19-18-31(37)36(22-25-14-15-26(33)21-29(25)34)30(20-24-8-4-2-5-9-24)32(38)35-27-10-6-3-7-11-27/h2,4-5,8-9,12-17,21,27,30H,3,6-7,10-11,18-20,22H2,1H3,(H,35,38)/t30-/m0/s1. The van der Waals surface area contributed by atoms with Crippen LogP contribution in [0.3, 0.4) is 0 Å². The molecule has 1 saturated carbocycles.